The summed E-state index contributed by atoms with van der Waals surface area (Å²) in [6, 6.07) is 5.43. The van der Waals surface area contributed by atoms with E-state index in [2.05, 4.69) is 5.32 Å². The van der Waals surface area contributed by atoms with Crippen molar-refractivity contribution in [2.45, 2.75) is 37.8 Å². The summed E-state index contributed by atoms with van der Waals surface area (Å²) >= 11 is 1.63. The lowest BCUT2D eigenvalue weighted by molar-refractivity contribution is -0.140. The Kier molecular flexibility index (Phi) is 6.88. The van der Waals surface area contributed by atoms with E-state index in [0.717, 1.165) is 16.2 Å². The fourth-order valence-electron chi connectivity index (χ4n) is 1.97. The molecule has 0 spiro atoms. The molecule has 0 fully saturated rings. The molecule has 0 aliphatic heterocycles. The molecule has 0 radical (unpaired) electrons. The number of carbonyl (C=O) groups is 1. The van der Waals surface area contributed by atoms with Crippen LogP contribution < -0.4 is 10.1 Å². The Morgan fingerprint density at radius 2 is 2.15 bits per heavy atom. The van der Waals surface area contributed by atoms with Crippen LogP contribution in [0.1, 0.15) is 25.8 Å². The molecule has 0 aromatic heterocycles. The highest BCUT2D eigenvalue weighted by atomic mass is 32.2. The molecule has 0 heterocycles. The van der Waals surface area contributed by atoms with Crippen LogP contribution in [0.4, 0.5) is 0 Å². The summed E-state index contributed by atoms with van der Waals surface area (Å²) in [6.07, 6.45) is 2.62. The highest BCUT2D eigenvalue weighted by molar-refractivity contribution is 7.98. The van der Waals surface area contributed by atoms with E-state index in [0.29, 0.717) is 18.9 Å². The van der Waals surface area contributed by atoms with Crippen LogP contribution >= 0.6 is 11.8 Å². The minimum Gasteiger partial charge on any atom is -0.496 e. The number of carboxylic acids is 1. The van der Waals surface area contributed by atoms with Crippen molar-refractivity contribution in [2.75, 3.05) is 13.4 Å². The van der Waals surface area contributed by atoms with Gasteiger partial charge in [0.1, 0.15) is 11.8 Å². The van der Waals surface area contributed by atoms with E-state index >= 15 is 0 Å². The highest BCUT2D eigenvalue weighted by Crippen LogP contribution is 2.28. The van der Waals surface area contributed by atoms with Crippen LogP contribution in [0, 0.1) is 5.92 Å². The maximum Gasteiger partial charge on any atom is 0.320 e. The topological polar surface area (TPSA) is 58.6 Å². The fraction of sp³-hybridized carbons (Fsp3) is 0.533. The zero-order chi connectivity index (χ0) is 15.1. The summed E-state index contributed by atoms with van der Waals surface area (Å²) < 4.78 is 5.33. The van der Waals surface area contributed by atoms with Crippen molar-refractivity contribution < 1.29 is 14.6 Å². The van der Waals surface area contributed by atoms with E-state index in [4.69, 9.17) is 4.74 Å². The fourth-order valence-corrected chi connectivity index (χ4v) is 2.52. The number of aliphatic carboxylic acids is 1. The molecule has 0 saturated carbocycles. The van der Waals surface area contributed by atoms with Gasteiger partial charge in [0.25, 0.3) is 0 Å². The summed E-state index contributed by atoms with van der Waals surface area (Å²) in [7, 11) is 1.64. The van der Waals surface area contributed by atoms with Crippen molar-refractivity contribution >= 4 is 17.7 Å². The van der Waals surface area contributed by atoms with Crippen LogP contribution in [0.5, 0.6) is 5.75 Å². The van der Waals surface area contributed by atoms with Gasteiger partial charge in [0.05, 0.1) is 7.11 Å². The molecule has 5 heteroatoms. The van der Waals surface area contributed by atoms with Crippen LogP contribution in [0.2, 0.25) is 0 Å². The zero-order valence-corrected chi connectivity index (χ0v) is 13.3. The molecule has 1 aromatic rings. The number of hydrogen-bond acceptors (Lipinski definition) is 4. The lowest BCUT2D eigenvalue weighted by Crippen LogP contribution is -2.37. The molecule has 0 amide bonds. The van der Waals surface area contributed by atoms with Gasteiger partial charge in [0.2, 0.25) is 0 Å². The summed E-state index contributed by atoms with van der Waals surface area (Å²) in [5.41, 5.74) is 1.02. The van der Waals surface area contributed by atoms with Crippen LogP contribution in [-0.2, 0) is 11.3 Å². The number of carboxylic acid groups (broad SMARTS) is 1. The third-order valence-electron chi connectivity index (χ3n) is 3.01. The molecule has 2 N–H and O–H groups in total. The summed E-state index contributed by atoms with van der Waals surface area (Å²) in [4.78, 5) is 12.3. The molecule has 0 aliphatic carbocycles. The normalized spacial score (nSPS) is 12.4. The Bertz CT molecular complexity index is 449. The van der Waals surface area contributed by atoms with E-state index in [9.17, 15) is 9.90 Å². The molecule has 0 aliphatic rings. The number of benzene rings is 1. The van der Waals surface area contributed by atoms with Crippen molar-refractivity contribution in [3.8, 4) is 5.75 Å². The molecular formula is C15H23NO3S. The molecule has 1 aromatic carbocycles. The van der Waals surface area contributed by atoms with Crippen LogP contribution in [0.25, 0.3) is 0 Å². The quantitative estimate of drug-likeness (QED) is 0.722. The van der Waals surface area contributed by atoms with E-state index in [1.807, 2.05) is 38.3 Å². The molecule has 0 unspecified atom stereocenters. The summed E-state index contributed by atoms with van der Waals surface area (Å²) in [5, 5.41) is 12.3. The van der Waals surface area contributed by atoms with Crippen LogP contribution in [-0.4, -0.2) is 30.5 Å². The van der Waals surface area contributed by atoms with E-state index in [1.54, 1.807) is 18.9 Å². The smallest absolute Gasteiger partial charge is 0.320 e. The van der Waals surface area contributed by atoms with Gasteiger partial charge in [0.15, 0.2) is 0 Å². The summed E-state index contributed by atoms with van der Waals surface area (Å²) in [5.74, 6) is 0.371. The Hall–Kier alpha value is -1.20. The first-order chi connectivity index (χ1) is 9.47. The predicted octanol–water partition coefficient (Wildman–Crippen LogP) is 3.01. The second-order valence-corrected chi connectivity index (χ2v) is 5.94. The van der Waals surface area contributed by atoms with Crippen LogP contribution in [0.15, 0.2) is 23.1 Å². The Morgan fingerprint density at radius 1 is 1.45 bits per heavy atom. The number of hydrogen-bond donors (Lipinski definition) is 2. The number of nitrogens with one attached hydrogen (secondary N) is 1. The van der Waals surface area contributed by atoms with Crippen molar-refractivity contribution in [3.63, 3.8) is 0 Å². The number of thioether (sulfide) groups is 1. The second kappa shape index (κ2) is 8.17. The summed E-state index contributed by atoms with van der Waals surface area (Å²) in [6.45, 7) is 4.57. The SMILES string of the molecule is COc1cc(CN[C@H](CC(C)C)C(=O)O)ccc1SC. The average molecular weight is 297 g/mol. The zero-order valence-electron chi connectivity index (χ0n) is 12.5. The Labute approximate surface area is 124 Å². The number of rotatable bonds is 8. The number of ether oxygens (including phenoxy) is 1. The third kappa shape index (κ3) is 5.06. The largest absolute Gasteiger partial charge is 0.496 e. The first-order valence-corrected chi connectivity index (χ1v) is 7.87. The van der Waals surface area contributed by atoms with Crippen molar-refractivity contribution in [1.29, 1.82) is 0 Å². The van der Waals surface area contributed by atoms with Gasteiger partial charge in [-0.1, -0.05) is 19.9 Å². The maximum atomic E-state index is 11.2. The van der Waals surface area contributed by atoms with Gasteiger partial charge < -0.3 is 15.2 Å². The molecule has 0 saturated heterocycles. The third-order valence-corrected chi connectivity index (χ3v) is 3.78. The van der Waals surface area contributed by atoms with Gasteiger partial charge >= 0.3 is 5.97 Å². The standard InChI is InChI=1S/C15H23NO3S/c1-10(2)7-12(15(17)18)16-9-11-5-6-14(20-4)13(8-11)19-3/h5-6,8,10,12,16H,7,9H2,1-4H3,(H,17,18)/t12-/m1/s1. The van der Waals surface area contributed by atoms with Gasteiger partial charge in [-0.05, 0) is 36.3 Å². The Morgan fingerprint density at radius 3 is 2.65 bits per heavy atom. The molecule has 1 atom stereocenters. The van der Waals surface area contributed by atoms with E-state index in [-0.39, 0.29) is 0 Å². The maximum absolute atomic E-state index is 11.2. The van der Waals surface area contributed by atoms with Crippen molar-refractivity contribution in [2.24, 2.45) is 5.92 Å². The number of methoxy groups -OCH3 is 1. The van der Waals surface area contributed by atoms with Crippen LogP contribution in [0.3, 0.4) is 0 Å². The van der Waals surface area contributed by atoms with Gasteiger partial charge in [0, 0.05) is 11.4 Å². The van der Waals surface area contributed by atoms with Gasteiger partial charge in [-0.2, -0.15) is 0 Å². The van der Waals surface area contributed by atoms with E-state index in [1.165, 1.54) is 0 Å². The molecule has 0 bridgehead atoms. The minimum absolute atomic E-state index is 0.344. The molecule has 112 valence electrons. The molecular weight excluding hydrogens is 274 g/mol. The van der Waals surface area contributed by atoms with Crippen molar-refractivity contribution in [3.05, 3.63) is 23.8 Å². The van der Waals surface area contributed by atoms with Crippen molar-refractivity contribution in [1.82, 2.24) is 5.32 Å². The molecule has 4 nitrogen and oxygen atoms in total. The monoisotopic (exact) mass is 297 g/mol. The van der Waals surface area contributed by atoms with Gasteiger partial charge in [-0.3, -0.25) is 4.79 Å². The van der Waals surface area contributed by atoms with Gasteiger partial charge in [-0.25, -0.2) is 0 Å². The average Bonchev–Trinajstić information content (AvgIpc) is 2.42. The first kappa shape index (κ1) is 16.9. The highest BCUT2D eigenvalue weighted by Gasteiger charge is 2.18. The predicted molar refractivity (Wildman–Crippen MR) is 82.5 cm³/mol. The lowest BCUT2D eigenvalue weighted by Gasteiger charge is -2.17. The molecule has 20 heavy (non-hydrogen) atoms. The Balaban J connectivity index is 2.70. The molecule has 1 rings (SSSR count). The van der Waals surface area contributed by atoms with E-state index < -0.39 is 12.0 Å². The first-order valence-electron chi connectivity index (χ1n) is 6.65. The van der Waals surface area contributed by atoms with Gasteiger partial charge in [-0.15, -0.1) is 11.8 Å². The minimum atomic E-state index is -0.800. The lowest BCUT2D eigenvalue weighted by atomic mass is 10.0. The second-order valence-electron chi connectivity index (χ2n) is 5.09.